The highest BCUT2D eigenvalue weighted by molar-refractivity contribution is 5.97. The van der Waals surface area contributed by atoms with Gasteiger partial charge in [0.15, 0.2) is 0 Å². The van der Waals surface area contributed by atoms with Gasteiger partial charge in [0.25, 0.3) is 0 Å². The predicted octanol–water partition coefficient (Wildman–Crippen LogP) is 3.62. The highest BCUT2D eigenvalue weighted by atomic mass is 16.5. The van der Waals surface area contributed by atoms with Gasteiger partial charge in [0, 0.05) is 5.56 Å². The standard InChI is InChI=1S/C24H24O2/c1-24(2)15-18-8-4-5-9-19(18)21(16-24)23-20-10-6-3-7-17(20)11-12-22(23)26-14-13-25/h3-12,15,25H,13-14,16H2,1-2H3. The SMILES string of the molecule is CC1(C)C=c2ccccc2=C(c2c(OCCO)ccc3ccccc23)C1. The van der Waals surface area contributed by atoms with E-state index in [4.69, 9.17) is 4.74 Å². The highest BCUT2D eigenvalue weighted by Crippen LogP contribution is 2.39. The summed E-state index contributed by atoms with van der Waals surface area (Å²) in [6.45, 7) is 4.87. The van der Waals surface area contributed by atoms with Crippen LogP contribution in [0.1, 0.15) is 25.8 Å². The van der Waals surface area contributed by atoms with E-state index in [2.05, 4.69) is 74.5 Å². The number of rotatable bonds is 4. The quantitative estimate of drug-likeness (QED) is 0.783. The lowest BCUT2D eigenvalue weighted by atomic mass is 9.77. The van der Waals surface area contributed by atoms with Gasteiger partial charge in [0.1, 0.15) is 12.4 Å². The van der Waals surface area contributed by atoms with Gasteiger partial charge >= 0.3 is 0 Å². The summed E-state index contributed by atoms with van der Waals surface area (Å²) in [4.78, 5) is 0. The Morgan fingerprint density at radius 1 is 0.962 bits per heavy atom. The van der Waals surface area contributed by atoms with Crippen molar-refractivity contribution in [1.82, 2.24) is 0 Å². The maximum absolute atomic E-state index is 9.25. The average Bonchev–Trinajstić information content (AvgIpc) is 2.64. The second kappa shape index (κ2) is 6.62. The van der Waals surface area contributed by atoms with Crippen molar-refractivity contribution in [2.24, 2.45) is 5.41 Å². The summed E-state index contributed by atoms with van der Waals surface area (Å²) >= 11 is 0. The van der Waals surface area contributed by atoms with Gasteiger partial charge in [0.05, 0.1) is 6.61 Å². The molecule has 4 rings (SSSR count). The van der Waals surface area contributed by atoms with E-state index in [-0.39, 0.29) is 12.0 Å². The van der Waals surface area contributed by atoms with Crippen LogP contribution in [0.2, 0.25) is 0 Å². The summed E-state index contributed by atoms with van der Waals surface area (Å²) in [5.41, 5.74) is 2.55. The molecule has 2 heteroatoms. The molecule has 26 heavy (non-hydrogen) atoms. The van der Waals surface area contributed by atoms with Gasteiger partial charge in [-0.25, -0.2) is 0 Å². The number of benzene rings is 3. The molecular formula is C24H24O2. The Kier molecular flexibility index (Phi) is 4.29. The zero-order chi connectivity index (χ0) is 18.1. The number of fused-ring (bicyclic) bond motifs is 2. The summed E-state index contributed by atoms with van der Waals surface area (Å²) in [6, 6.07) is 21.2. The van der Waals surface area contributed by atoms with Crippen LogP contribution in [0.3, 0.4) is 0 Å². The minimum absolute atomic E-state index is 0.0114. The molecule has 132 valence electrons. The van der Waals surface area contributed by atoms with Gasteiger partial charge in [0.2, 0.25) is 0 Å². The molecule has 0 amide bonds. The molecule has 1 aliphatic rings. The van der Waals surface area contributed by atoms with Gasteiger partial charge in [-0.2, -0.15) is 0 Å². The maximum Gasteiger partial charge on any atom is 0.127 e. The lowest BCUT2D eigenvalue weighted by Gasteiger charge is -2.28. The Hall–Kier alpha value is -2.58. The van der Waals surface area contributed by atoms with Crippen molar-refractivity contribution in [3.63, 3.8) is 0 Å². The first-order valence-corrected chi connectivity index (χ1v) is 9.16. The number of hydrogen-bond donors (Lipinski definition) is 1. The van der Waals surface area contributed by atoms with E-state index < -0.39 is 0 Å². The van der Waals surface area contributed by atoms with E-state index in [1.165, 1.54) is 26.8 Å². The van der Waals surface area contributed by atoms with Crippen LogP contribution in [-0.4, -0.2) is 18.3 Å². The molecule has 0 atom stereocenters. The van der Waals surface area contributed by atoms with Crippen molar-refractivity contribution in [2.75, 3.05) is 13.2 Å². The molecule has 0 saturated heterocycles. The van der Waals surface area contributed by atoms with Crippen molar-refractivity contribution in [3.8, 4) is 5.75 Å². The number of aliphatic hydroxyl groups excluding tert-OH is 1. The maximum atomic E-state index is 9.25. The second-order valence-electron chi connectivity index (χ2n) is 7.61. The van der Waals surface area contributed by atoms with Crippen molar-refractivity contribution < 1.29 is 9.84 Å². The lowest BCUT2D eigenvalue weighted by Crippen LogP contribution is -2.35. The van der Waals surface area contributed by atoms with Crippen LogP contribution < -0.4 is 15.2 Å². The van der Waals surface area contributed by atoms with E-state index in [0.29, 0.717) is 6.61 Å². The van der Waals surface area contributed by atoms with Gasteiger partial charge in [-0.15, -0.1) is 0 Å². The van der Waals surface area contributed by atoms with E-state index in [9.17, 15) is 5.11 Å². The van der Waals surface area contributed by atoms with Crippen LogP contribution in [-0.2, 0) is 0 Å². The first-order valence-electron chi connectivity index (χ1n) is 9.16. The van der Waals surface area contributed by atoms with E-state index in [1.54, 1.807) is 0 Å². The lowest BCUT2D eigenvalue weighted by molar-refractivity contribution is 0.201. The summed E-state index contributed by atoms with van der Waals surface area (Å²) in [5.74, 6) is 0.847. The van der Waals surface area contributed by atoms with Crippen LogP contribution in [0.5, 0.6) is 5.75 Å². The van der Waals surface area contributed by atoms with Gasteiger partial charge in [-0.1, -0.05) is 74.5 Å². The van der Waals surface area contributed by atoms with Crippen LogP contribution in [0.4, 0.5) is 0 Å². The predicted molar refractivity (Wildman–Crippen MR) is 108 cm³/mol. The van der Waals surface area contributed by atoms with E-state index in [1.807, 2.05) is 6.07 Å². The third kappa shape index (κ3) is 3.02. The van der Waals surface area contributed by atoms with Crippen molar-refractivity contribution in [2.45, 2.75) is 20.3 Å². The van der Waals surface area contributed by atoms with Gasteiger partial charge < -0.3 is 9.84 Å². The first kappa shape index (κ1) is 16.9. The molecule has 2 nitrogen and oxygen atoms in total. The molecular weight excluding hydrogens is 320 g/mol. The Bertz CT molecular complexity index is 1080. The molecule has 0 unspecified atom stereocenters. The van der Waals surface area contributed by atoms with E-state index in [0.717, 1.165) is 17.7 Å². The number of hydrogen-bond acceptors (Lipinski definition) is 2. The molecule has 0 saturated carbocycles. The Balaban J connectivity index is 2.09. The van der Waals surface area contributed by atoms with Crippen LogP contribution in [0.15, 0.2) is 60.7 Å². The Labute approximate surface area is 154 Å². The molecule has 1 N–H and O–H groups in total. The van der Waals surface area contributed by atoms with Gasteiger partial charge in [-0.3, -0.25) is 0 Å². The zero-order valence-electron chi connectivity index (χ0n) is 15.3. The van der Waals surface area contributed by atoms with Crippen LogP contribution in [0, 0.1) is 5.41 Å². The van der Waals surface area contributed by atoms with Crippen molar-refractivity contribution in [3.05, 3.63) is 76.7 Å². The third-order valence-corrected chi connectivity index (χ3v) is 5.01. The molecule has 0 bridgehead atoms. The van der Waals surface area contributed by atoms with Crippen molar-refractivity contribution in [1.29, 1.82) is 0 Å². The second-order valence-corrected chi connectivity index (χ2v) is 7.61. The molecule has 0 fully saturated rings. The molecule has 3 aromatic carbocycles. The molecule has 0 heterocycles. The minimum Gasteiger partial charge on any atom is -0.491 e. The fraction of sp³-hybridized carbons (Fsp3) is 0.250. The third-order valence-electron chi connectivity index (χ3n) is 5.01. The molecule has 0 radical (unpaired) electrons. The number of ether oxygens (including phenoxy) is 1. The molecule has 3 aromatic rings. The Morgan fingerprint density at radius 2 is 1.73 bits per heavy atom. The molecule has 0 aromatic heterocycles. The average molecular weight is 344 g/mol. The molecule has 0 aliphatic heterocycles. The van der Waals surface area contributed by atoms with Crippen LogP contribution >= 0.6 is 0 Å². The monoisotopic (exact) mass is 344 g/mol. The smallest absolute Gasteiger partial charge is 0.127 e. The largest absolute Gasteiger partial charge is 0.491 e. The fourth-order valence-corrected chi connectivity index (χ4v) is 3.98. The van der Waals surface area contributed by atoms with Gasteiger partial charge in [-0.05, 0) is 44.7 Å². The normalized spacial score (nSPS) is 15.4. The highest BCUT2D eigenvalue weighted by Gasteiger charge is 2.25. The molecule has 0 spiro atoms. The van der Waals surface area contributed by atoms with Crippen LogP contribution in [0.25, 0.3) is 22.4 Å². The fourth-order valence-electron chi connectivity index (χ4n) is 3.98. The number of aliphatic hydroxyl groups is 1. The summed E-state index contributed by atoms with van der Waals surface area (Å²) < 4.78 is 5.95. The summed E-state index contributed by atoms with van der Waals surface area (Å²) in [7, 11) is 0. The Morgan fingerprint density at radius 3 is 2.58 bits per heavy atom. The van der Waals surface area contributed by atoms with Crippen molar-refractivity contribution >= 4 is 22.4 Å². The summed E-state index contributed by atoms with van der Waals surface area (Å²) in [6.07, 6.45) is 3.32. The van der Waals surface area contributed by atoms with E-state index >= 15 is 0 Å². The minimum atomic E-state index is 0.0114. The first-order chi connectivity index (χ1) is 12.6. The zero-order valence-corrected chi connectivity index (χ0v) is 15.3. The summed E-state index contributed by atoms with van der Waals surface area (Å²) in [5, 5.41) is 14.2. The molecule has 1 aliphatic carbocycles. The topological polar surface area (TPSA) is 29.5 Å².